The number of carbonyl (C=O) groups excluding carboxylic acids is 2. The first-order valence-corrected chi connectivity index (χ1v) is 9.04. The first-order valence-electron chi connectivity index (χ1n) is 8.67. The number of alkyl halides is 3. The van der Waals surface area contributed by atoms with Gasteiger partial charge in [-0.15, -0.1) is 0 Å². The highest BCUT2D eigenvalue weighted by Crippen LogP contribution is 2.26. The molecular formula is C19H16ClF3N2O6. The van der Waals surface area contributed by atoms with E-state index in [0.717, 1.165) is 18.2 Å². The highest BCUT2D eigenvalue weighted by atomic mass is 35.5. The summed E-state index contributed by atoms with van der Waals surface area (Å²) in [5.74, 6) is -2.37. The molecule has 1 N–H and O–H groups in total. The molecule has 0 unspecified atom stereocenters. The Morgan fingerprint density at radius 2 is 1.81 bits per heavy atom. The second kappa shape index (κ2) is 9.21. The molecule has 0 radical (unpaired) electrons. The number of rotatable bonds is 5. The van der Waals surface area contributed by atoms with E-state index in [-0.39, 0.29) is 34.7 Å². The van der Waals surface area contributed by atoms with Gasteiger partial charge in [0.15, 0.2) is 0 Å². The van der Waals surface area contributed by atoms with E-state index in [1.54, 1.807) is 11.9 Å². The molecule has 0 saturated heterocycles. The third-order valence-electron chi connectivity index (χ3n) is 3.78. The molecule has 8 nitrogen and oxygen atoms in total. The molecule has 0 aliphatic carbocycles. The molecule has 0 aliphatic heterocycles. The molecule has 0 spiro atoms. The van der Waals surface area contributed by atoms with E-state index >= 15 is 0 Å². The van der Waals surface area contributed by atoms with Gasteiger partial charge in [-0.1, -0.05) is 11.6 Å². The largest absolute Gasteiger partial charge is 0.460 e. The van der Waals surface area contributed by atoms with Gasteiger partial charge < -0.3 is 14.5 Å². The molecule has 2 rings (SSSR count). The van der Waals surface area contributed by atoms with Gasteiger partial charge in [-0.05, 0) is 44.5 Å². The van der Waals surface area contributed by atoms with E-state index < -0.39 is 35.1 Å². The van der Waals surface area contributed by atoms with Gasteiger partial charge in [0.1, 0.15) is 5.69 Å². The molecule has 0 aliphatic rings. The zero-order chi connectivity index (χ0) is 23.5. The van der Waals surface area contributed by atoms with Crippen LogP contribution < -0.4 is 11.2 Å². The number of nitrogens with one attached hydrogen (secondary N) is 1. The van der Waals surface area contributed by atoms with Gasteiger partial charge in [-0.3, -0.25) is 4.79 Å². The lowest BCUT2D eigenvalue weighted by molar-refractivity contribution is -0.142. The Hall–Kier alpha value is -3.34. The van der Waals surface area contributed by atoms with Crippen molar-refractivity contribution in [1.82, 2.24) is 9.55 Å². The van der Waals surface area contributed by atoms with Crippen molar-refractivity contribution in [2.75, 3.05) is 6.61 Å². The van der Waals surface area contributed by atoms with E-state index in [1.165, 1.54) is 13.8 Å². The Labute approximate surface area is 177 Å². The summed E-state index contributed by atoms with van der Waals surface area (Å²) in [5, 5.41) is -0.151. The molecule has 31 heavy (non-hydrogen) atoms. The van der Waals surface area contributed by atoms with Crippen molar-refractivity contribution >= 4 is 23.5 Å². The number of carbonyl (C=O) groups is 2. The molecule has 0 bridgehead atoms. The summed E-state index contributed by atoms with van der Waals surface area (Å²) in [6, 6.07) is 3.47. The molecule has 0 amide bonds. The second-order valence-electron chi connectivity index (χ2n) is 6.26. The maximum absolute atomic E-state index is 12.8. The van der Waals surface area contributed by atoms with Crippen LogP contribution in [-0.2, 0) is 20.4 Å². The number of ether oxygens (including phenoxy) is 2. The summed E-state index contributed by atoms with van der Waals surface area (Å²) in [4.78, 5) is 50.3. The summed E-state index contributed by atoms with van der Waals surface area (Å²) in [6.07, 6.45) is -4.93. The molecule has 0 atom stereocenters. The van der Waals surface area contributed by atoms with Crippen LogP contribution in [0.5, 0.6) is 0 Å². The van der Waals surface area contributed by atoms with Gasteiger partial charge >= 0.3 is 23.8 Å². The fourth-order valence-electron chi connectivity index (χ4n) is 2.39. The minimum absolute atomic E-state index is 0.0308. The predicted octanol–water partition coefficient (Wildman–Crippen LogP) is 3.21. The van der Waals surface area contributed by atoms with Crippen LogP contribution in [-0.4, -0.2) is 28.1 Å². The summed E-state index contributed by atoms with van der Waals surface area (Å²) in [7, 11) is 0. The molecule has 0 saturated carbocycles. The van der Waals surface area contributed by atoms with Gasteiger partial charge in [0.2, 0.25) is 5.76 Å². The minimum Gasteiger partial charge on any atom is -0.460 e. The minimum atomic E-state index is -4.93. The van der Waals surface area contributed by atoms with E-state index in [9.17, 15) is 32.3 Å². The van der Waals surface area contributed by atoms with Crippen molar-refractivity contribution in [2.45, 2.75) is 26.9 Å². The number of hydrogen-bond donors (Lipinski definition) is 1. The zero-order valence-corrected chi connectivity index (χ0v) is 17.2. The SMILES string of the molecule is CCOC(=O)C(OC(=O)c1cc(-n2c(=O)cc(C(F)(F)F)[nH]c2=O)ccc1Cl)=C(C)C. The summed E-state index contributed by atoms with van der Waals surface area (Å²) in [5.41, 5.74) is -4.43. The number of aromatic nitrogens is 2. The number of allylic oxidation sites excluding steroid dienone is 1. The normalized spacial score (nSPS) is 11.1. The predicted molar refractivity (Wildman–Crippen MR) is 103 cm³/mol. The Morgan fingerprint density at radius 1 is 1.16 bits per heavy atom. The molecular weight excluding hydrogens is 445 g/mol. The number of nitrogens with zero attached hydrogens (tertiary/aromatic N) is 1. The number of H-pyrrole nitrogens is 1. The average Bonchev–Trinajstić information content (AvgIpc) is 2.65. The summed E-state index contributed by atoms with van der Waals surface area (Å²) < 4.78 is 48.6. The van der Waals surface area contributed by atoms with Crippen LogP contribution in [0, 0.1) is 0 Å². The van der Waals surface area contributed by atoms with Crippen molar-refractivity contribution in [3.05, 3.63) is 72.7 Å². The summed E-state index contributed by atoms with van der Waals surface area (Å²) >= 11 is 5.99. The Morgan fingerprint density at radius 3 is 2.32 bits per heavy atom. The van der Waals surface area contributed by atoms with Crippen LogP contribution in [0.4, 0.5) is 13.2 Å². The first-order chi connectivity index (χ1) is 14.4. The van der Waals surface area contributed by atoms with E-state index in [0.29, 0.717) is 10.1 Å². The third kappa shape index (κ3) is 5.43. The van der Waals surface area contributed by atoms with E-state index in [1.807, 2.05) is 0 Å². The van der Waals surface area contributed by atoms with Gasteiger partial charge in [-0.2, -0.15) is 13.2 Å². The standard InChI is InChI=1S/C19H16ClF3N2O6/c1-4-30-17(28)15(9(2)3)31-16(27)11-7-10(5-6-12(11)20)25-14(26)8-13(19(21,22)23)24-18(25)29/h5-8H,4H2,1-3H3,(H,24,29). The highest BCUT2D eigenvalue weighted by molar-refractivity contribution is 6.33. The first kappa shape index (κ1) is 23.9. The summed E-state index contributed by atoms with van der Waals surface area (Å²) in [6.45, 7) is 4.59. The van der Waals surface area contributed by atoms with Crippen molar-refractivity contribution in [3.8, 4) is 5.69 Å². The average molecular weight is 461 g/mol. The monoisotopic (exact) mass is 460 g/mol. The topological polar surface area (TPSA) is 107 Å². The van der Waals surface area contributed by atoms with Gasteiger partial charge in [-0.25, -0.2) is 19.0 Å². The number of benzene rings is 1. The van der Waals surface area contributed by atoms with Gasteiger partial charge in [0.05, 0.1) is 22.9 Å². The van der Waals surface area contributed by atoms with Crippen molar-refractivity contribution in [3.63, 3.8) is 0 Å². The molecule has 166 valence electrons. The molecule has 1 aromatic heterocycles. The number of halogens is 4. The maximum Gasteiger partial charge on any atom is 0.431 e. The van der Waals surface area contributed by atoms with Crippen molar-refractivity contribution in [1.29, 1.82) is 0 Å². The van der Waals surface area contributed by atoms with Gasteiger partial charge in [0.25, 0.3) is 5.56 Å². The third-order valence-corrected chi connectivity index (χ3v) is 4.11. The van der Waals surface area contributed by atoms with Crippen molar-refractivity contribution < 1.29 is 32.2 Å². The number of esters is 2. The van der Waals surface area contributed by atoms with Crippen LogP contribution >= 0.6 is 11.6 Å². The molecule has 12 heteroatoms. The fraction of sp³-hybridized carbons (Fsp3) is 0.263. The van der Waals surface area contributed by atoms with Crippen LogP contribution in [0.25, 0.3) is 5.69 Å². The lowest BCUT2D eigenvalue weighted by Crippen LogP contribution is -2.35. The smallest absolute Gasteiger partial charge is 0.431 e. The molecule has 0 fully saturated rings. The number of hydrogen-bond acceptors (Lipinski definition) is 6. The zero-order valence-electron chi connectivity index (χ0n) is 16.4. The van der Waals surface area contributed by atoms with E-state index in [4.69, 9.17) is 21.1 Å². The molecule has 2 aromatic rings. The maximum atomic E-state index is 12.8. The van der Waals surface area contributed by atoms with Crippen molar-refractivity contribution in [2.24, 2.45) is 0 Å². The molecule has 1 aromatic carbocycles. The number of aromatic amines is 1. The van der Waals surface area contributed by atoms with Crippen LogP contribution in [0.3, 0.4) is 0 Å². The second-order valence-corrected chi connectivity index (χ2v) is 6.67. The van der Waals surface area contributed by atoms with Crippen LogP contribution in [0.2, 0.25) is 5.02 Å². The highest BCUT2D eigenvalue weighted by Gasteiger charge is 2.33. The lowest BCUT2D eigenvalue weighted by atomic mass is 10.2. The van der Waals surface area contributed by atoms with Crippen LogP contribution in [0.15, 0.2) is 45.2 Å². The Bertz CT molecular complexity index is 1150. The lowest BCUT2D eigenvalue weighted by Gasteiger charge is -2.12. The van der Waals surface area contributed by atoms with Gasteiger partial charge in [0, 0.05) is 6.07 Å². The molecule has 1 heterocycles. The Kier molecular flexibility index (Phi) is 7.11. The van der Waals surface area contributed by atoms with Crippen LogP contribution in [0.1, 0.15) is 36.8 Å². The fourth-order valence-corrected chi connectivity index (χ4v) is 2.59. The van der Waals surface area contributed by atoms with E-state index in [2.05, 4.69) is 0 Å². The quantitative estimate of drug-likeness (QED) is 0.417. The Balaban J connectivity index is 2.51.